The van der Waals surface area contributed by atoms with Gasteiger partial charge in [0.15, 0.2) is 11.5 Å². The second kappa shape index (κ2) is 4.54. The van der Waals surface area contributed by atoms with Crippen LogP contribution < -0.4 is 19.9 Å². The summed E-state index contributed by atoms with van der Waals surface area (Å²) in [5, 5.41) is 0. The van der Waals surface area contributed by atoms with Crippen LogP contribution in [-0.4, -0.2) is 27.0 Å². The fourth-order valence-electron chi connectivity index (χ4n) is 0.971. The fourth-order valence-corrected chi connectivity index (χ4v) is 0.971. The van der Waals surface area contributed by atoms with Gasteiger partial charge >= 0.3 is 0 Å². The minimum absolute atomic E-state index is 0.369. The van der Waals surface area contributed by atoms with E-state index in [4.69, 9.17) is 18.1 Å². The maximum absolute atomic E-state index is 11.3. The molecule has 0 atom stereocenters. The van der Waals surface area contributed by atoms with Crippen molar-refractivity contribution in [3.05, 3.63) is 17.7 Å². The molecule has 5 nitrogen and oxygen atoms in total. The van der Waals surface area contributed by atoms with Gasteiger partial charge in [0.1, 0.15) is 0 Å². The van der Waals surface area contributed by atoms with Crippen molar-refractivity contribution in [3.63, 3.8) is 0 Å². The van der Waals surface area contributed by atoms with Gasteiger partial charge in [-0.3, -0.25) is 4.79 Å². The summed E-state index contributed by atoms with van der Waals surface area (Å²) in [6.07, 6.45) is 0. The Balaban J connectivity index is 3.58. The second-order valence-corrected chi connectivity index (χ2v) is 2.47. The summed E-state index contributed by atoms with van der Waals surface area (Å²) in [5.74, 6) is -3.34. The van der Waals surface area contributed by atoms with Gasteiger partial charge in [-0.2, -0.15) is 0 Å². The van der Waals surface area contributed by atoms with Gasteiger partial charge in [-0.15, -0.1) is 0 Å². The summed E-state index contributed by atoms with van der Waals surface area (Å²) in [6.45, 7) is 0. The van der Waals surface area contributed by atoms with Crippen molar-refractivity contribution in [1.82, 2.24) is 0 Å². The molecule has 0 fully saturated rings. The van der Waals surface area contributed by atoms with Gasteiger partial charge in [-0.1, -0.05) is 0 Å². The molecule has 1 rings (SSSR count). The molecule has 0 aromatic heterocycles. The van der Waals surface area contributed by atoms with E-state index in [9.17, 15) is 4.79 Å². The topological polar surface area (TPSA) is 70.8 Å². The van der Waals surface area contributed by atoms with Gasteiger partial charge in [0.25, 0.3) is 0 Å². The van der Waals surface area contributed by atoms with E-state index in [1.165, 1.54) is 0 Å². The Morgan fingerprint density at radius 3 is 2.13 bits per heavy atom. The molecule has 0 aliphatic heterocycles. The third-order valence-electron chi connectivity index (χ3n) is 1.63. The Morgan fingerprint density at radius 1 is 1.20 bits per heavy atom. The number of methoxy groups -OCH3 is 3. The van der Waals surface area contributed by atoms with E-state index in [1.54, 1.807) is 0 Å². The quantitative estimate of drug-likeness (QED) is 0.815. The van der Waals surface area contributed by atoms with Gasteiger partial charge < -0.3 is 19.9 Å². The molecule has 5 heteroatoms. The molecule has 1 amide bonds. The average molecular weight is 220 g/mol. The van der Waals surface area contributed by atoms with E-state index in [2.05, 4.69) is 14.2 Å². The molecule has 1 aromatic rings. The van der Waals surface area contributed by atoms with Crippen LogP contribution in [0.15, 0.2) is 12.1 Å². The number of carbonyl (C=O) groups excluding carboxylic acids is 1. The highest BCUT2D eigenvalue weighted by atomic mass is 16.5. The lowest BCUT2D eigenvalue weighted by Crippen LogP contribution is -2.11. The van der Waals surface area contributed by atoms with E-state index < -0.39 is 44.3 Å². The maximum atomic E-state index is 11.3. The standard InChI is InChI=1S/C10H13NO4/c1-13-7-4-6(10(11)12)5-8(14-2)9(7)15-3/h4-5H,1-3H3,(H2,11,12)/i1D3,2D3,3D3. The predicted molar refractivity (Wildman–Crippen MR) is 54.6 cm³/mol. The lowest BCUT2D eigenvalue weighted by Gasteiger charge is -2.12. The van der Waals surface area contributed by atoms with Crippen LogP contribution in [0.4, 0.5) is 0 Å². The molecule has 82 valence electrons. The number of ether oxygens (including phenoxy) is 3. The number of hydrogen-bond acceptors (Lipinski definition) is 4. The van der Waals surface area contributed by atoms with Crippen molar-refractivity contribution < 1.29 is 31.3 Å². The smallest absolute Gasteiger partial charge is 0.248 e. The van der Waals surface area contributed by atoms with Gasteiger partial charge in [0.2, 0.25) is 11.7 Å². The summed E-state index contributed by atoms with van der Waals surface area (Å²) in [7, 11) is -9.16. The zero-order valence-electron chi connectivity index (χ0n) is 16.4. The Kier molecular flexibility index (Phi) is 1.19. The molecule has 1 aromatic carbocycles. The number of primary amides is 1. The number of benzene rings is 1. The Hall–Kier alpha value is -1.91. The molecule has 2 N–H and O–H groups in total. The first-order valence-electron chi connectivity index (χ1n) is 8.12. The average Bonchev–Trinajstić information content (AvgIpc) is 2.27. The predicted octanol–water partition coefficient (Wildman–Crippen LogP) is 0.811. The second-order valence-electron chi connectivity index (χ2n) is 2.47. The Labute approximate surface area is 100 Å². The van der Waals surface area contributed by atoms with Crippen LogP contribution >= 0.6 is 0 Å². The van der Waals surface area contributed by atoms with Crippen molar-refractivity contribution in [2.45, 2.75) is 0 Å². The normalized spacial score (nSPS) is 20.9. The van der Waals surface area contributed by atoms with Gasteiger partial charge in [-0.25, -0.2) is 0 Å². The molecule has 0 spiro atoms. The number of carbonyl (C=O) groups is 1. The minimum atomic E-state index is -3.08. The lowest BCUT2D eigenvalue weighted by molar-refractivity contribution is 0.0999. The van der Waals surface area contributed by atoms with Crippen LogP contribution in [0.1, 0.15) is 22.7 Å². The molecule has 0 saturated carbocycles. The number of amides is 1. The molecule has 0 aliphatic rings. The van der Waals surface area contributed by atoms with E-state index in [0.717, 1.165) is 12.1 Å². The Bertz CT molecular complexity index is 583. The third-order valence-corrected chi connectivity index (χ3v) is 1.63. The van der Waals surface area contributed by atoms with Gasteiger partial charge in [0, 0.05) is 5.56 Å². The number of nitrogens with two attached hydrogens (primary N) is 1. The van der Waals surface area contributed by atoms with E-state index >= 15 is 0 Å². The SMILES string of the molecule is [2H]C([2H])([2H])Oc1cc(C(N)=O)cc(OC([2H])([2H])[2H])c1OC([2H])([2H])[2H]. The Morgan fingerprint density at radius 2 is 1.73 bits per heavy atom. The lowest BCUT2D eigenvalue weighted by atomic mass is 10.1. The summed E-state index contributed by atoms with van der Waals surface area (Å²) in [6, 6.07) is 1.62. The van der Waals surface area contributed by atoms with Crippen LogP contribution in [0, 0.1) is 0 Å². The van der Waals surface area contributed by atoms with Crippen molar-refractivity contribution in [2.75, 3.05) is 21.1 Å². The number of hydrogen-bond donors (Lipinski definition) is 1. The first kappa shape index (κ1) is 3.92. The molecule has 0 heterocycles. The summed E-state index contributed by atoms with van der Waals surface area (Å²) in [4.78, 5) is 11.3. The molecule has 15 heavy (non-hydrogen) atoms. The number of rotatable bonds is 4. The monoisotopic (exact) mass is 220 g/mol. The molecule has 0 bridgehead atoms. The highest BCUT2D eigenvalue weighted by Crippen LogP contribution is 2.37. The van der Waals surface area contributed by atoms with E-state index in [0.29, 0.717) is 0 Å². The van der Waals surface area contributed by atoms with E-state index in [1.807, 2.05) is 0 Å². The molecular formula is C10H13NO4. The zero-order chi connectivity index (χ0) is 18.9. The summed E-state index contributed by atoms with van der Waals surface area (Å²) >= 11 is 0. The van der Waals surface area contributed by atoms with Crippen LogP contribution in [0.2, 0.25) is 0 Å². The van der Waals surface area contributed by atoms with Crippen LogP contribution in [0.3, 0.4) is 0 Å². The molecule has 0 saturated heterocycles. The largest absolute Gasteiger partial charge is 0.493 e. The third kappa shape index (κ3) is 2.12. The van der Waals surface area contributed by atoms with Gasteiger partial charge in [0.05, 0.1) is 33.5 Å². The van der Waals surface area contributed by atoms with Crippen molar-refractivity contribution in [3.8, 4) is 17.2 Å². The first-order valence-corrected chi connectivity index (χ1v) is 3.62. The van der Waals surface area contributed by atoms with E-state index in [-0.39, 0.29) is 5.56 Å². The minimum Gasteiger partial charge on any atom is -0.493 e. The van der Waals surface area contributed by atoms with Crippen molar-refractivity contribution >= 4 is 5.91 Å². The van der Waals surface area contributed by atoms with Gasteiger partial charge in [-0.05, 0) is 12.1 Å². The van der Waals surface area contributed by atoms with Crippen LogP contribution in [0.5, 0.6) is 17.2 Å². The highest BCUT2D eigenvalue weighted by molar-refractivity contribution is 5.94. The first-order chi connectivity index (χ1) is 10.6. The molecule has 0 radical (unpaired) electrons. The van der Waals surface area contributed by atoms with Crippen LogP contribution in [-0.2, 0) is 0 Å². The molecular weight excluding hydrogens is 198 g/mol. The maximum Gasteiger partial charge on any atom is 0.248 e. The fraction of sp³-hybridized carbons (Fsp3) is 0.300. The summed E-state index contributed by atoms with van der Waals surface area (Å²) in [5.41, 5.74) is 4.70. The van der Waals surface area contributed by atoms with Crippen LogP contribution in [0.25, 0.3) is 0 Å². The summed E-state index contributed by atoms with van der Waals surface area (Å²) < 4.78 is 77.4. The highest BCUT2D eigenvalue weighted by Gasteiger charge is 2.14. The molecule has 0 aliphatic carbocycles. The van der Waals surface area contributed by atoms with Crippen molar-refractivity contribution in [1.29, 1.82) is 0 Å². The molecule has 0 unspecified atom stereocenters. The zero-order valence-corrected chi connectivity index (χ0v) is 7.37. The van der Waals surface area contributed by atoms with Crippen molar-refractivity contribution in [2.24, 2.45) is 5.73 Å².